The molecule has 0 radical (unpaired) electrons. The van der Waals surface area contributed by atoms with Gasteiger partial charge >= 0.3 is 0 Å². The summed E-state index contributed by atoms with van der Waals surface area (Å²) in [6, 6.07) is 1.94. The van der Waals surface area contributed by atoms with Crippen LogP contribution in [-0.2, 0) is 0 Å². The summed E-state index contributed by atoms with van der Waals surface area (Å²) in [4.78, 5) is 29.1. The number of hydrogen-bond acceptors (Lipinski definition) is 3. The Morgan fingerprint density at radius 3 is 2.90 bits per heavy atom. The largest absolute Gasteiger partial charge is 0.364 e. The smallest absolute Gasteiger partial charge is 0.259 e. The Morgan fingerprint density at radius 1 is 1.55 bits per heavy atom. The van der Waals surface area contributed by atoms with E-state index in [0.717, 1.165) is 18.5 Å². The number of carbonyl (C=O) groups is 1. The van der Waals surface area contributed by atoms with Gasteiger partial charge < -0.3 is 15.2 Å². The van der Waals surface area contributed by atoms with Crippen molar-refractivity contribution in [3.05, 3.63) is 33.7 Å². The third-order valence-corrected chi connectivity index (χ3v) is 4.20. The zero-order valence-corrected chi connectivity index (χ0v) is 12.4. The molecule has 5 heteroatoms. The van der Waals surface area contributed by atoms with E-state index in [4.69, 9.17) is 0 Å². The van der Waals surface area contributed by atoms with Crippen LogP contribution >= 0.6 is 0 Å². The lowest BCUT2D eigenvalue weighted by Gasteiger charge is -2.38. The summed E-state index contributed by atoms with van der Waals surface area (Å²) in [5, 5.41) is 3.32. The summed E-state index contributed by atoms with van der Waals surface area (Å²) in [6.45, 7) is 5.37. The van der Waals surface area contributed by atoms with Gasteiger partial charge in [-0.15, -0.1) is 0 Å². The molecule has 5 nitrogen and oxygen atoms in total. The number of aromatic amines is 1. The Kier molecular flexibility index (Phi) is 4.60. The number of H-pyrrole nitrogens is 1. The lowest BCUT2D eigenvalue weighted by Crippen LogP contribution is -2.50. The SMILES string of the molecule is CCC1CN(C(=O)c2c[nH]c(C)cc2=O)CCC1NC. The van der Waals surface area contributed by atoms with Crippen LogP contribution in [0.4, 0.5) is 0 Å². The number of hydrogen-bond donors (Lipinski definition) is 2. The van der Waals surface area contributed by atoms with Gasteiger partial charge in [0.15, 0.2) is 5.43 Å². The van der Waals surface area contributed by atoms with E-state index in [1.807, 2.05) is 11.9 Å². The molecule has 0 saturated carbocycles. The Hall–Kier alpha value is -1.62. The molecule has 0 bridgehead atoms. The second kappa shape index (κ2) is 6.22. The Bertz CT molecular complexity index is 538. The Morgan fingerprint density at radius 2 is 2.30 bits per heavy atom. The van der Waals surface area contributed by atoms with Crippen LogP contribution in [0.2, 0.25) is 0 Å². The lowest BCUT2D eigenvalue weighted by atomic mass is 9.90. The number of likely N-dealkylation sites (tertiary alicyclic amines) is 1. The molecule has 0 aromatic carbocycles. The first kappa shape index (κ1) is 14.8. The quantitative estimate of drug-likeness (QED) is 0.871. The molecule has 1 amide bonds. The number of aryl methyl sites for hydroxylation is 1. The van der Waals surface area contributed by atoms with Gasteiger partial charge in [-0.25, -0.2) is 0 Å². The average Bonchev–Trinajstić information content (AvgIpc) is 2.45. The average molecular weight is 277 g/mol. The van der Waals surface area contributed by atoms with Crippen LogP contribution in [-0.4, -0.2) is 42.0 Å². The van der Waals surface area contributed by atoms with E-state index in [0.29, 0.717) is 25.0 Å². The van der Waals surface area contributed by atoms with Crippen LogP contribution in [0.25, 0.3) is 0 Å². The van der Waals surface area contributed by atoms with Crippen LogP contribution in [0.1, 0.15) is 35.8 Å². The monoisotopic (exact) mass is 277 g/mol. The van der Waals surface area contributed by atoms with Crippen LogP contribution in [0.5, 0.6) is 0 Å². The molecule has 1 saturated heterocycles. The Balaban J connectivity index is 2.16. The van der Waals surface area contributed by atoms with Crippen molar-refractivity contribution in [1.29, 1.82) is 0 Å². The fraction of sp³-hybridized carbons (Fsp3) is 0.600. The molecule has 1 aromatic rings. The van der Waals surface area contributed by atoms with E-state index in [2.05, 4.69) is 17.2 Å². The van der Waals surface area contributed by atoms with Gasteiger partial charge in [0.2, 0.25) is 0 Å². The van der Waals surface area contributed by atoms with E-state index < -0.39 is 0 Å². The number of rotatable bonds is 3. The number of amides is 1. The summed E-state index contributed by atoms with van der Waals surface area (Å²) in [7, 11) is 1.97. The first-order valence-corrected chi connectivity index (χ1v) is 7.22. The lowest BCUT2D eigenvalue weighted by molar-refractivity contribution is 0.0630. The maximum absolute atomic E-state index is 12.5. The molecule has 2 N–H and O–H groups in total. The van der Waals surface area contributed by atoms with Crippen molar-refractivity contribution in [2.24, 2.45) is 5.92 Å². The fourth-order valence-electron chi connectivity index (χ4n) is 2.92. The van der Waals surface area contributed by atoms with E-state index in [1.165, 1.54) is 12.3 Å². The van der Waals surface area contributed by atoms with Gasteiger partial charge in [0.1, 0.15) is 5.56 Å². The molecule has 1 aromatic heterocycles. The van der Waals surface area contributed by atoms with Crippen LogP contribution in [0.15, 0.2) is 17.1 Å². The topological polar surface area (TPSA) is 65.2 Å². The summed E-state index contributed by atoms with van der Waals surface area (Å²) in [6.07, 6.45) is 3.50. The molecule has 0 spiro atoms. The standard InChI is InChI=1S/C15H23N3O2/c1-4-11-9-18(6-5-13(11)16-3)15(20)12-8-17-10(2)7-14(12)19/h7-8,11,13,16H,4-6,9H2,1-3H3,(H,17,19). The second-order valence-electron chi connectivity index (χ2n) is 5.50. The summed E-state index contributed by atoms with van der Waals surface area (Å²) in [5.41, 5.74) is 0.815. The molecule has 0 aliphatic carbocycles. The van der Waals surface area contributed by atoms with Gasteiger partial charge in [-0.05, 0) is 26.3 Å². The van der Waals surface area contributed by atoms with Gasteiger partial charge in [0.25, 0.3) is 5.91 Å². The molecular weight excluding hydrogens is 254 g/mol. The third kappa shape index (κ3) is 2.93. The molecule has 2 atom stereocenters. The van der Waals surface area contributed by atoms with E-state index in [9.17, 15) is 9.59 Å². The molecular formula is C15H23N3O2. The van der Waals surface area contributed by atoms with E-state index in [1.54, 1.807) is 6.92 Å². The van der Waals surface area contributed by atoms with Gasteiger partial charge in [-0.1, -0.05) is 13.3 Å². The second-order valence-corrected chi connectivity index (χ2v) is 5.50. The van der Waals surface area contributed by atoms with Gasteiger partial charge in [0.05, 0.1) is 0 Å². The van der Waals surface area contributed by atoms with Crippen molar-refractivity contribution in [2.45, 2.75) is 32.7 Å². The fourth-order valence-corrected chi connectivity index (χ4v) is 2.92. The van der Waals surface area contributed by atoms with Crippen molar-refractivity contribution in [3.8, 4) is 0 Å². The highest BCUT2D eigenvalue weighted by atomic mass is 16.2. The minimum atomic E-state index is -0.199. The molecule has 1 aliphatic rings. The highest BCUT2D eigenvalue weighted by Crippen LogP contribution is 2.21. The minimum Gasteiger partial charge on any atom is -0.364 e. The van der Waals surface area contributed by atoms with Crippen molar-refractivity contribution >= 4 is 5.91 Å². The van der Waals surface area contributed by atoms with Crippen LogP contribution < -0.4 is 10.7 Å². The van der Waals surface area contributed by atoms with Crippen molar-refractivity contribution in [1.82, 2.24) is 15.2 Å². The predicted molar refractivity (Wildman–Crippen MR) is 78.9 cm³/mol. The molecule has 2 heterocycles. The minimum absolute atomic E-state index is 0.153. The van der Waals surface area contributed by atoms with Gasteiger partial charge in [-0.2, -0.15) is 0 Å². The molecule has 1 aliphatic heterocycles. The number of aromatic nitrogens is 1. The number of nitrogens with one attached hydrogen (secondary N) is 2. The first-order chi connectivity index (χ1) is 9.56. The number of nitrogens with zero attached hydrogens (tertiary/aromatic N) is 1. The predicted octanol–water partition coefficient (Wildman–Crippen LogP) is 1.14. The zero-order chi connectivity index (χ0) is 14.7. The number of piperidine rings is 1. The zero-order valence-electron chi connectivity index (χ0n) is 12.4. The normalized spacial score (nSPS) is 22.9. The van der Waals surface area contributed by atoms with Crippen LogP contribution in [0, 0.1) is 12.8 Å². The Labute approximate surface area is 119 Å². The van der Waals surface area contributed by atoms with Gasteiger partial charge in [-0.3, -0.25) is 9.59 Å². The molecule has 2 unspecified atom stereocenters. The maximum atomic E-state index is 12.5. The highest BCUT2D eigenvalue weighted by molar-refractivity contribution is 5.93. The van der Waals surface area contributed by atoms with Gasteiger partial charge in [0, 0.05) is 37.1 Å². The third-order valence-electron chi connectivity index (χ3n) is 4.20. The maximum Gasteiger partial charge on any atom is 0.259 e. The summed E-state index contributed by atoms with van der Waals surface area (Å²) in [5.74, 6) is 0.293. The summed E-state index contributed by atoms with van der Waals surface area (Å²) < 4.78 is 0. The summed E-state index contributed by atoms with van der Waals surface area (Å²) >= 11 is 0. The molecule has 20 heavy (non-hydrogen) atoms. The van der Waals surface area contributed by atoms with Crippen molar-refractivity contribution < 1.29 is 4.79 Å². The first-order valence-electron chi connectivity index (χ1n) is 7.22. The number of pyridine rings is 1. The number of carbonyl (C=O) groups excluding carboxylic acids is 1. The molecule has 2 rings (SSSR count). The molecule has 110 valence electrons. The highest BCUT2D eigenvalue weighted by Gasteiger charge is 2.30. The van der Waals surface area contributed by atoms with E-state index >= 15 is 0 Å². The van der Waals surface area contributed by atoms with Crippen molar-refractivity contribution in [2.75, 3.05) is 20.1 Å². The van der Waals surface area contributed by atoms with Crippen LogP contribution in [0.3, 0.4) is 0 Å². The van der Waals surface area contributed by atoms with E-state index in [-0.39, 0.29) is 16.9 Å². The van der Waals surface area contributed by atoms with Crippen molar-refractivity contribution in [3.63, 3.8) is 0 Å². The molecule has 1 fully saturated rings.